The molecule has 0 aliphatic carbocycles. The summed E-state index contributed by atoms with van der Waals surface area (Å²) >= 11 is 0. The lowest BCUT2D eigenvalue weighted by Gasteiger charge is -2.24. The number of nitrogens with one attached hydrogen (secondary N) is 2. The SMILES string of the molecule is CN=C(NCc1ccccc1CN(C)C)NC(C)(C)C. The largest absolute Gasteiger partial charge is 0.352 e. The Morgan fingerprint density at radius 1 is 1.15 bits per heavy atom. The molecule has 4 heteroatoms. The summed E-state index contributed by atoms with van der Waals surface area (Å²) in [6.07, 6.45) is 0. The van der Waals surface area contributed by atoms with Crippen molar-refractivity contribution >= 4 is 5.96 Å². The molecule has 0 aromatic heterocycles. The maximum atomic E-state index is 4.26. The minimum Gasteiger partial charge on any atom is -0.352 e. The number of hydrogen-bond donors (Lipinski definition) is 2. The lowest BCUT2D eigenvalue weighted by molar-refractivity contribution is 0.400. The zero-order valence-electron chi connectivity index (χ0n) is 13.6. The Morgan fingerprint density at radius 2 is 1.75 bits per heavy atom. The van der Waals surface area contributed by atoms with E-state index in [0.29, 0.717) is 0 Å². The maximum Gasteiger partial charge on any atom is 0.191 e. The van der Waals surface area contributed by atoms with Gasteiger partial charge in [0, 0.05) is 25.7 Å². The Balaban J connectivity index is 2.69. The van der Waals surface area contributed by atoms with E-state index < -0.39 is 0 Å². The minimum absolute atomic E-state index is 0.00496. The first kappa shape index (κ1) is 16.5. The van der Waals surface area contributed by atoms with Crippen molar-refractivity contribution < 1.29 is 0 Å². The van der Waals surface area contributed by atoms with E-state index in [4.69, 9.17) is 0 Å². The highest BCUT2D eigenvalue weighted by Crippen LogP contribution is 2.10. The van der Waals surface area contributed by atoms with Crippen LogP contribution in [0.25, 0.3) is 0 Å². The molecule has 0 fully saturated rings. The molecule has 0 saturated heterocycles. The third-order valence-corrected chi connectivity index (χ3v) is 2.77. The normalized spacial score (nSPS) is 12.7. The number of guanidine groups is 1. The molecular weight excluding hydrogens is 248 g/mol. The van der Waals surface area contributed by atoms with Gasteiger partial charge < -0.3 is 15.5 Å². The first-order valence-electron chi connectivity index (χ1n) is 7.02. The van der Waals surface area contributed by atoms with E-state index in [-0.39, 0.29) is 5.54 Å². The standard InChI is InChI=1S/C16H28N4/c1-16(2,3)19-15(17-4)18-11-13-9-7-8-10-14(13)12-20(5)6/h7-10H,11-12H2,1-6H3,(H2,17,18,19). The van der Waals surface area contributed by atoms with Gasteiger partial charge >= 0.3 is 0 Å². The van der Waals surface area contributed by atoms with E-state index >= 15 is 0 Å². The summed E-state index contributed by atoms with van der Waals surface area (Å²) in [6, 6.07) is 8.51. The first-order valence-corrected chi connectivity index (χ1v) is 7.02. The summed E-state index contributed by atoms with van der Waals surface area (Å²) in [4.78, 5) is 6.44. The quantitative estimate of drug-likeness (QED) is 0.654. The number of rotatable bonds is 4. The van der Waals surface area contributed by atoms with Crippen LogP contribution in [0.5, 0.6) is 0 Å². The number of aliphatic imine (C=N–C) groups is 1. The van der Waals surface area contributed by atoms with Crippen molar-refractivity contribution in [3.05, 3.63) is 35.4 Å². The van der Waals surface area contributed by atoms with Gasteiger partial charge in [0.2, 0.25) is 0 Å². The number of nitrogens with zero attached hydrogens (tertiary/aromatic N) is 2. The fourth-order valence-corrected chi connectivity index (χ4v) is 1.94. The van der Waals surface area contributed by atoms with Gasteiger partial charge in [-0.3, -0.25) is 4.99 Å². The molecule has 112 valence electrons. The molecule has 0 bridgehead atoms. The highest BCUT2D eigenvalue weighted by Gasteiger charge is 2.12. The second-order valence-electron chi connectivity index (χ2n) is 6.31. The molecule has 20 heavy (non-hydrogen) atoms. The molecule has 0 spiro atoms. The minimum atomic E-state index is 0.00496. The molecule has 0 heterocycles. The van der Waals surface area contributed by atoms with Crippen LogP contribution in [0.15, 0.2) is 29.3 Å². The van der Waals surface area contributed by atoms with Crippen LogP contribution in [0.4, 0.5) is 0 Å². The number of benzene rings is 1. The molecule has 1 aromatic carbocycles. The predicted octanol–water partition coefficient (Wildman–Crippen LogP) is 2.21. The summed E-state index contributed by atoms with van der Waals surface area (Å²) in [6.45, 7) is 8.10. The van der Waals surface area contributed by atoms with Crippen LogP contribution in [-0.2, 0) is 13.1 Å². The van der Waals surface area contributed by atoms with Crippen LogP contribution in [0.3, 0.4) is 0 Å². The summed E-state index contributed by atoms with van der Waals surface area (Å²) in [5, 5.41) is 6.74. The van der Waals surface area contributed by atoms with Gasteiger partial charge in [0.25, 0.3) is 0 Å². The van der Waals surface area contributed by atoms with Crippen LogP contribution in [0.2, 0.25) is 0 Å². The van der Waals surface area contributed by atoms with E-state index in [1.807, 2.05) is 0 Å². The summed E-state index contributed by atoms with van der Waals surface area (Å²) < 4.78 is 0. The van der Waals surface area contributed by atoms with E-state index in [2.05, 4.69) is 79.7 Å². The lowest BCUT2D eigenvalue weighted by Crippen LogP contribution is -2.47. The zero-order chi connectivity index (χ0) is 15.2. The Labute approximate surface area is 123 Å². The number of hydrogen-bond acceptors (Lipinski definition) is 2. The van der Waals surface area contributed by atoms with Crippen LogP contribution < -0.4 is 10.6 Å². The van der Waals surface area contributed by atoms with Gasteiger partial charge in [-0.1, -0.05) is 24.3 Å². The average molecular weight is 276 g/mol. The van der Waals surface area contributed by atoms with E-state index in [1.165, 1.54) is 11.1 Å². The fraction of sp³-hybridized carbons (Fsp3) is 0.562. The first-order chi connectivity index (χ1) is 9.31. The van der Waals surface area contributed by atoms with Gasteiger partial charge in [-0.15, -0.1) is 0 Å². The smallest absolute Gasteiger partial charge is 0.191 e. The molecule has 4 nitrogen and oxygen atoms in total. The highest BCUT2D eigenvalue weighted by molar-refractivity contribution is 5.80. The highest BCUT2D eigenvalue weighted by atomic mass is 15.2. The zero-order valence-corrected chi connectivity index (χ0v) is 13.6. The lowest BCUT2D eigenvalue weighted by atomic mass is 10.1. The Hall–Kier alpha value is -1.55. The second-order valence-corrected chi connectivity index (χ2v) is 6.31. The van der Waals surface area contributed by atoms with Crippen molar-refractivity contribution in [1.82, 2.24) is 15.5 Å². The molecule has 0 amide bonds. The molecule has 0 saturated carbocycles. The molecule has 0 aliphatic rings. The van der Waals surface area contributed by atoms with Crippen molar-refractivity contribution in [3.8, 4) is 0 Å². The molecule has 1 rings (SSSR count). The van der Waals surface area contributed by atoms with Crippen molar-refractivity contribution in [2.45, 2.75) is 39.4 Å². The van der Waals surface area contributed by atoms with Crippen molar-refractivity contribution in [1.29, 1.82) is 0 Å². The van der Waals surface area contributed by atoms with E-state index in [1.54, 1.807) is 7.05 Å². The monoisotopic (exact) mass is 276 g/mol. The van der Waals surface area contributed by atoms with Gasteiger partial charge in [-0.25, -0.2) is 0 Å². The van der Waals surface area contributed by atoms with Gasteiger partial charge in [0.1, 0.15) is 0 Å². The van der Waals surface area contributed by atoms with Crippen molar-refractivity contribution in [3.63, 3.8) is 0 Å². The average Bonchev–Trinajstić information content (AvgIpc) is 2.34. The van der Waals surface area contributed by atoms with Crippen LogP contribution in [0, 0.1) is 0 Å². The van der Waals surface area contributed by atoms with Gasteiger partial charge in [-0.05, 0) is 46.0 Å². The van der Waals surface area contributed by atoms with Crippen LogP contribution in [0.1, 0.15) is 31.9 Å². The summed E-state index contributed by atoms with van der Waals surface area (Å²) in [5.41, 5.74) is 2.65. The van der Waals surface area contributed by atoms with Crippen molar-refractivity contribution in [2.75, 3.05) is 21.1 Å². The molecule has 1 aromatic rings. The topological polar surface area (TPSA) is 39.7 Å². The predicted molar refractivity (Wildman–Crippen MR) is 86.9 cm³/mol. The molecule has 0 aliphatic heterocycles. The van der Waals surface area contributed by atoms with Crippen LogP contribution >= 0.6 is 0 Å². The van der Waals surface area contributed by atoms with E-state index in [0.717, 1.165) is 19.0 Å². The molecule has 2 N–H and O–H groups in total. The molecule has 0 radical (unpaired) electrons. The fourth-order valence-electron chi connectivity index (χ4n) is 1.94. The van der Waals surface area contributed by atoms with Gasteiger partial charge in [0.05, 0.1) is 0 Å². The molecular formula is C16H28N4. The molecule has 0 atom stereocenters. The summed E-state index contributed by atoms with van der Waals surface area (Å²) in [7, 11) is 5.97. The second kappa shape index (κ2) is 7.29. The van der Waals surface area contributed by atoms with Crippen molar-refractivity contribution in [2.24, 2.45) is 4.99 Å². The Morgan fingerprint density at radius 3 is 2.25 bits per heavy atom. The van der Waals surface area contributed by atoms with E-state index in [9.17, 15) is 0 Å². The van der Waals surface area contributed by atoms with Gasteiger partial charge in [-0.2, -0.15) is 0 Å². The van der Waals surface area contributed by atoms with Crippen LogP contribution in [-0.4, -0.2) is 37.5 Å². The molecule has 0 unspecified atom stereocenters. The maximum absolute atomic E-state index is 4.26. The van der Waals surface area contributed by atoms with Gasteiger partial charge in [0.15, 0.2) is 5.96 Å². The Kier molecular flexibility index (Phi) is 6.02. The third-order valence-electron chi connectivity index (χ3n) is 2.77. The Bertz CT molecular complexity index is 444. The third kappa shape index (κ3) is 6.06. The summed E-state index contributed by atoms with van der Waals surface area (Å²) in [5.74, 6) is 0.831.